The first kappa shape index (κ1) is 23.5. The Bertz CT molecular complexity index is 1510. The van der Waals surface area contributed by atoms with Gasteiger partial charge in [0.1, 0.15) is 11.8 Å². The lowest BCUT2D eigenvalue weighted by atomic mass is 10.0. The van der Waals surface area contributed by atoms with Gasteiger partial charge >= 0.3 is 11.7 Å². The molecule has 0 bridgehead atoms. The van der Waals surface area contributed by atoms with E-state index in [-0.39, 0.29) is 23.1 Å². The number of aliphatic carboxylic acids is 1. The molecule has 4 aromatic rings. The summed E-state index contributed by atoms with van der Waals surface area (Å²) in [6.07, 6.45) is -0.0118. The molecule has 0 radical (unpaired) electrons. The molecule has 0 aliphatic carbocycles. The Morgan fingerprint density at radius 1 is 0.914 bits per heavy atom. The van der Waals surface area contributed by atoms with E-state index in [1.807, 2.05) is 0 Å². The monoisotopic (exact) mass is 473 g/mol. The minimum atomic E-state index is -1.46. The summed E-state index contributed by atoms with van der Waals surface area (Å²) in [5, 5.41) is 22.0. The van der Waals surface area contributed by atoms with Crippen LogP contribution in [0.2, 0.25) is 0 Å². The Morgan fingerprint density at radius 2 is 1.54 bits per heavy atom. The third-order valence-corrected chi connectivity index (χ3v) is 5.85. The minimum Gasteiger partial charge on any atom is -0.508 e. The number of hydrogen-bond acceptors (Lipinski definition) is 5. The summed E-state index contributed by atoms with van der Waals surface area (Å²) >= 11 is 0. The maximum absolute atomic E-state index is 13.5. The van der Waals surface area contributed by atoms with Gasteiger partial charge in [0.05, 0.1) is 10.9 Å². The predicted octanol–water partition coefficient (Wildman–Crippen LogP) is 2.13. The standard InChI is InChI=1S/C26H23N3O6/c1-28-20-10-6-5-9-19(20)24(32)29(26(28)35)21(15-16-7-3-2-4-8-16)23(31)27-22(25(33)34)17-11-13-18(30)14-12-17/h2-14,21-22,30H,15H2,1H3,(H,27,31)(H,33,34)/t21-,22+/m0/s1. The number of rotatable bonds is 7. The molecule has 0 fully saturated rings. The van der Waals surface area contributed by atoms with Gasteiger partial charge in [0, 0.05) is 13.5 Å². The normalized spacial score (nSPS) is 12.7. The third kappa shape index (κ3) is 4.70. The van der Waals surface area contributed by atoms with E-state index in [4.69, 9.17) is 0 Å². The van der Waals surface area contributed by atoms with Crippen LogP contribution in [-0.2, 0) is 23.1 Å². The fraction of sp³-hybridized carbons (Fsp3) is 0.154. The number of nitrogens with zero attached hydrogens (tertiary/aromatic N) is 2. The second-order valence-electron chi connectivity index (χ2n) is 8.11. The second kappa shape index (κ2) is 9.68. The zero-order valence-corrected chi connectivity index (χ0v) is 18.8. The van der Waals surface area contributed by atoms with E-state index in [2.05, 4.69) is 5.32 Å². The van der Waals surface area contributed by atoms with Crippen molar-refractivity contribution < 1.29 is 19.8 Å². The highest BCUT2D eigenvalue weighted by Gasteiger charge is 2.30. The SMILES string of the molecule is Cn1c(=O)n([C@@H](Cc2ccccc2)C(=O)N[C@@H](C(=O)O)c2ccc(O)cc2)c(=O)c2ccccc21. The van der Waals surface area contributed by atoms with Gasteiger partial charge in [-0.2, -0.15) is 0 Å². The molecule has 3 N–H and O–H groups in total. The highest BCUT2D eigenvalue weighted by Crippen LogP contribution is 2.20. The lowest BCUT2D eigenvalue weighted by molar-refractivity contribution is -0.142. The summed E-state index contributed by atoms with van der Waals surface area (Å²) in [5.41, 5.74) is -0.00477. The van der Waals surface area contributed by atoms with E-state index in [0.717, 1.165) is 4.57 Å². The van der Waals surface area contributed by atoms with Crippen molar-refractivity contribution >= 4 is 22.8 Å². The molecule has 178 valence electrons. The largest absolute Gasteiger partial charge is 0.508 e. The summed E-state index contributed by atoms with van der Waals surface area (Å²) in [6, 6.07) is 18.0. The third-order valence-electron chi connectivity index (χ3n) is 5.85. The average molecular weight is 473 g/mol. The van der Waals surface area contributed by atoms with Gasteiger partial charge in [-0.15, -0.1) is 0 Å². The van der Waals surface area contributed by atoms with Gasteiger partial charge in [0.2, 0.25) is 5.91 Å². The summed E-state index contributed by atoms with van der Waals surface area (Å²) in [7, 11) is 1.51. The molecule has 0 saturated carbocycles. The maximum Gasteiger partial charge on any atom is 0.331 e. The number of aromatic hydroxyl groups is 1. The van der Waals surface area contributed by atoms with Crippen LogP contribution < -0.4 is 16.6 Å². The van der Waals surface area contributed by atoms with Gasteiger partial charge in [-0.1, -0.05) is 54.6 Å². The lowest BCUT2D eigenvalue weighted by Crippen LogP contribution is -2.48. The highest BCUT2D eigenvalue weighted by molar-refractivity contribution is 5.87. The number of phenolic OH excluding ortho intramolecular Hbond substituents is 1. The molecule has 0 saturated heterocycles. The number of benzene rings is 3. The zero-order valence-electron chi connectivity index (χ0n) is 18.8. The van der Waals surface area contributed by atoms with Gasteiger partial charge in [-0.05, 0) is 35.4 Å². The van der Waals surface area contributed by atoms with Crippen molar-refractivity contribution in [2.75, 3.05) is 0 Å². The van der Waals surface area contributed by atoms with Crippen LogP contribution in [0.4, 0.5) is 0 Å². The lowest BCUT2D eigenvalue weighted by Gasteiger charge is -2.23. The molecule has 4 rings (SSSR count). The van der Waals surface area contributed by atoms with Crippen LogP contribution in [0.5, 0.6) is 5.75 Å². The molecule has 3 aromatic carbocycles. The van der Waals surface area contributed by atoms with E-state index in [1.54, 1.807) is 54.6 Å². The number of carboxylic acids is 1. The fourth-order valence-corrected chi connectivity index (χ4v) is 4.03. The molecular formula is C26H23N3O6. The molecule has 2 atom stereocenters. The molecule has 1 aromatic heterocycles. The molecule has 9 nitrogen and oxygen atoms in total. The van der Waals surface area contributed by atoms with Crippen molar-refractivity contribution in [1.29, 1.82) is 0 Å². The van der Waals surface area contributed by atoms with E-state index in [0.29, 0.717) is 11.1 Å². The van der Waals surface area contributed by atoms with Crippen molar-refractivity contribution in [2.24, 2.45) is 7.05 Å². The topological polar surface area (TPSA) is 131 Å². The van der Waals surface area contributed by atoms with Crippen molar-refractivity contribution in [1.82, 2.24) is 14.5 Å². The molecule has 1 heterocycles. The molecule has 1 amide bonds. The van der Waals surface area contributed by atoms with Crippen LogP contribution in [0.3, 0.4) is 0 Å². The molecule has 9 heteroatoms. The van der Waals surface area contributed by atoms with Gasteiger partial charge in [-0.25, -0.2) is 14.2 Å². The van der Waals surface area contributed by atoms with Crippen molar-refractivity contribution in [3.63, 3.8) is 0 Å². The average Bonchev–Trinajstić information content (AvgIpc) is 2.86. The Labute approximate surface area is 199 Å². The molecule has 35 heavy (non-hydrogen) atoms. The van der Waals surface area contributed by atoms with Gasteiger partial charge in [-0.3, -0.25) is 14.2 Å². The first-order valence-corrected chi connectivity index (χ1v) is 10.8. The van der Waals surface area contributed by atoms with Crippen LogP contribution in [0, 0.1) is 0 Å². The van der Waals surface area contributed by atoms with Gasteiger partial charge in [0.25, 0.3) is 5.56 Å². The Kier molecular flexibility index (Phi) is 6.50. The molecule has 0 aliphatic rings. The molecule has 0 aliphatic heterocycles. The quantitative estimate of drug-likeness (QED) is 0.377. The number of aryl methyl sites for hydroxylation is 1. The van der Waals surface area contributed by atoms with Crippen molar-refractivity contribution in [3.8, 4) is 5.75 Å². The first-order chi connectivity index (χ1) is 16.8. The number of phenols is 1. The second-order valence-corrected chi connectivity index (χ2v) is 8.11. The summed E-state index contributed by atoms with van der Waals surface area (Å²) in [4.78, 5) is 52.2. The van der Waals surface area contributed by atoms with Crippen LogP contribution in [-0.4, -0.2) is 31.2 Å². The Balaban J connectivity index is 1.83. The molecule has 0 unspecified atom stereocenters. The fourth-order valence-electron chi connectivity index (χ4n) is 4.03. The van der Waals surface area contributed by atoms with Crippen molar-refractivity contribution in [2.45, 2.75) is 18.5 Å². The summed E-state index contributed by atoms with van der Waals surface area (Å²) in [5.74, 6) is -2.19. The van der Waals surface area contributed by atoms with Crippen LogP contribution in [0.25, 0.3) is 10.9 Å². The van der Waals surface area contributed by atoms with Crippen LogP contribution in [0.15, 0.2) is 88.5 Å². The number of carbonyl (C=O) groups excluding carboxylic acids is 1. The minimum absolute atomic E-state index is 0.0118. The number of fused-ring (bicyclic) bond motifs is 1. The van der Waals surface area contributed by atoms with E-state index >= 15 is 0 Å². The van der Waals surface area contributed by atoms with E-state index < -0.39 is 35.2 Å². The predicted molar refractivity (Wildman–Crippen MR) is 129 cm³/mol. The number of amides is 1. The first-order valence-electron chi connectivity index (χ1n) is 10.8. The Hall–Kier alpha value is -4.66. The van der Waals surface area contributed by atoms with E-state index in [1.165, 1.54) is 35.9 Å². The van der Waals surface area contributed by atoms with Crippen molar-refractivity contribution in [3.05, 3.63) is 111 Å². The van der Waals surface area contributed by atoms with Gasteiger partial charge < -0.3 is 15.5 Å². The number of aromatic nitrogens is 2. The van der Waals surface area contributed by atoms with E-state index in [9.17, 15) is 29.4 Å². The maximum atomic E-state index is 13.5. The Morgan fingerprint density at radius 3 is 2.20 bits per heavy atom. The van der Waals surface area contributed by atoms with Crippen LogP contribution >= 0.6 is 0 Å². The highest BCUT2D eigenvalue weighted by atomic mass is 16.4. The number of para-hydroxylation sites is 1. The summed E-state index contributed by atoms with van der Waals surface area (Å²) in [6.45, 7) is 0. The zero-order chi connectivity index (χ0) is 25.1. The van der Waals surface area contributed by atoms with Gasteiger partial charge in [0.15, 0.2) is 6.04 Å². The molecular weight excluding hydrogens is 450 g/mol. The molecule has 0 spiro atoms. The van der Waals surface area contributed by atoms with Crippen LogP contribution in [0.1, 0.15) is 23.2 Å². The smallest absolute Gasteiger partial charge is 0.331 e. The summed E-state index contributed by atoms with van der Waals surface area (Å²) < 4.78 is 2.16. The number of nitrogens with one attached hydrogen (secondary N) is 1. The number of carbonyl (C=O) groups is 2. The number of hydrogen-bond donors (Lipinski definition) is 3. The number of carboxylic acid groups (broad SMARTS) is 1.